The summed E-state index contributed by atoms with van der Waals surface area (Å²) < 4.78 is 13.8. The van der Waals surface area contributed by atoms with E-state index in [2.05, 4.69) is 0 Å². The fourth-order valence-corrected chi connectivity index (χ4v) is 7.03. The summed E-state index contributed by atoms with van der Waals surface area (Å²) in [6, 6.07) is 25.2. The minimum Gasteiger partial charge on any atom is -0.352 e. The highest BCUT2D eigenvalue weighted by Gasteiger charge is 2.71. The van der Waals surface area contributed by atoms with E-state index in [9.17, 15) is 18.8 Å². The molecule has 0 unspecified atom stereocenters. The number of fused-ring (bicyclic) bond motifs is 5. The van der Waals surface area contributed by atoms with Gasteiger partial charge in [0.25, 0.3) is 0 Å². The Morgan fingerprint density at radius 3 is 2.10 bits per heavy atom. The summed E-state index contributed by atoms with van der Waals surface area (Å²) in [6.45, 7) is 0. The van der Waals surface area contributed by atoms with Gasteiger partial charge in [-0.3, -0.25) is 14.4 Å². The van der Waals surface area contributed by atoms with E-state index in [-0.39, 0.29) is 22.9 Å². The number of nitrogens with zero attached hydrogens (tertiary/aromatic N) is 1. The normalized spacial score (nSPS) is 22.1. The molecule has 1 saturated heterocycles. The molecule has 7 rings (SSSR count). The number of Topliss-reactive ketones (excluding diaryl/α,β-unsaturated/α-hetero) is 3. The molecule has 0 amide bonds. The Bertz CT molecular complexity index is 1690. The van der Waals surface area contributed by atoms with E-state index < -0.39 is 29.2 Å². The molecule has 2 aliphatic heterocycles. The Balaban J connectivity index is 1.56. The molecule has 1 aliphatic carbocycles. The third kappa shape index (κ3) is 3.14. The Kier molecular flexibility index (Phi) is 5.23. The predicted octanol–water partition coefficient (Wildman–Crippen LogP) is 6.80. The number of carbonyl (C=O) groups excluding carboxylic acids is 3. The van der Waals surface area contributed by atoms with Crippen LogP contribution in [0.3, 0.4) is 0 Å². The molecule has 1 spiro atoms. The van der Waals surface area contributed by atoms with Crippen LogP contribution in [0, 0.1) is 11.2 Å². The van der Waals surface area contributed by atoms with Crippen LogP contribution in [-0.2, 0) is 0 Å². The van der Waals surface area contributed by atoms with Crippen molar-refractivity contribution >= 4 is 40.7 Å². The van der Waals surface area contributed by atoms with Crippen LogP contribution < -0.4 is 4.90 Å². The smallest absolute Gasteiger partial charge is 0.185 e. The quantitative estimate of drug-likeness (QED) is 0.215. The molecule has 0 radical (unpaired) electrons. The Hall–Kier alpha value is -4.35. The molecule has 0 saturated carbocycles. The van der Waals surface area contributed by atoms with Crippen molar-refractivity contribution in [2.75, 3.05) is 4.90 Å². The summed E-state index contributed by atoms with van der Waals surface area (Å²) in [4.78, 5) is 45.5. The fourth-order valence-electron chi connectivity index (χ4n) is 6.77. The van der Waals surface area contributed by atoms with Gasteiger partial charge >= 0.3 is 0 Å². The zero-order valence-electron chi connectivity index (χ0n) is 20.6. The molecule has 2 heterocycles. The Morgan fingerprint density at radius 2 is 1.41 bits per heavy atom. The zero-order chi connectivity index (χ0) is 26.9. The topological polar surface area (TPSA) is 54.5 Å². The third-order valence-electron chi connectivity index (χ3n) is 8.35. The Morgan fingerprint density at radius 1 is 0.795 bits per heavy atom. The number of hydrogen-bond acceptors (Lipinski definition) is 4. The number of benzene rings is 4. The summed E-state index contributed by atoms with van der Waals surface area (Å²) in [7, 11) is 0. The molecule has 190 valence electrons. The van der Waals surface area contributed by atoms with Gasteiger partial charge in [-0.05, 0) is 47.5 Å². The van der Waals surface area contributed by atoms with Gasteiger partial charge in [0.1, 0.15) is 17.3 Å². The highest BCUT2D eigenvalue weighted by Crippen LogP contribution is 2.61. The highest BCUT2D eigenvalue weighted by molar-refractivity contribution is 6.34. The van der Waals surface area contributed by atoms with Crippen molar-refractivity contribution in [3.8, 4) is 0 Å². The van der Waals surface area contributed by atoms with Crippen molar-refractivity contribution in [1.29, 1.82) is 0 Å². The molecule has 3 atom stereocenters. The van der Waals surface area contributed by atoms with Crippen molar-refractivity contribution in [3.05, 3.63) is 142 Å². The van der Waals surface area contributed by atoms with E-state index in [1.54, 1.807) is 48.5 Å². The van der Waals surface area contributed by atoms with E-state index in [0.29, 0.717) is 21.7 Å². The van der Waals surface area contributed by atoms with Gasteiger partial charge in [-0.25, -0.2) is 4.39 Å². The maximum absolute atomic E-state index is 14.6. The number of hydrogen-bond donors (Lipinski definition) is 0. The standard InChI is InChI=1S/C33H21ClFNO3/c34-25-11-5-4-10-24(25)28-29(30(37)20-13-16-21(35)17-14-20)36-26-12-6-1-7-19(26)15-18-27(36)33(28)31(38)22-8-2-3-9-23(22)32(33)39/h1-18,27-29H/t27-,28+,29-/m1/s1. The molecular formula is C33H21ClFNO3. The van der Waals surface area contributed by atoms with Crippen LogP contribution in [0.2, 0.25) is 5.02 Å². The van der Waals surface area contributed by atoms with Crippen molar-refractivity contribution in [1.82, 2.24) is 0 Å². The van der Waals surface area contributed by atoms with E-state index in [1.807, 2.05) is 41.3 Å². The van der Waals surface area contributed by atoms with E-state index in [1.165, 1.54) is 24.3 Å². The molecule has 1 fully saturated rings. The van der Waals surface area contributed by atoms with Crippen molar-refractivity contribution in [2.24, 2.45) is 5.41 Å². The minimum atomic E-state index is -1.63. The summed E-state index contributed by atoms with van der Waals surface area (Å²) in [6.07, 6.45) is 3.78. The molecule has 0 N–H and O–H groups in total. The van der Waals surface area contributed by atoms with Crippen LogP contribution in [0.25, 0.3) is 6.08 Å². The summed E-state index contributed by atoms with van der Waals surface area (Å²) in [5.74, 6) is -2.32. The second kappa shape index (κ2) is 8.58. The molecule has 0 aromatic heterocycles. The van der Waals surface area contributed by atoms with Crippen LogP contribution in [0.4, 0.5) is 10.1 Å². The van der Waals surface area contributed by atoms with Crippen LogP contribution in [0.15, 0.2) is 103 Å². The monoisotopic (exact) mass is 533 g/mol. The highest BCUT2D eigenvalue weighted by atomic mass is 35.5. The van der Waals surface area contributed by atoms with Gasteiger partial charge in [0.2, 0.25) is 0 Å². The van der Waals surface area contributed by atoms with Gasteiger partial charge in [0.05, 0.1) is 6.04 Å². The lowest BCUT2D eigenvalue weighted by molar-refractivity contribution is 0.0666. The van der Waals surface area contributed by atoms with Gasteiger partial charge in [0.15, 0.2) is 17.3 Å². The fraction of sp³-hybridized carbons (Fsp3) is 0.121. The maximum atomic E-state index is 14.6. The van der Waals surface area contributed by atoms with Gasteiger partial charge in [-0.15, -0.1) is 0 Å². The Labute approximate surface area is 229 Å². The first kappa shape index (κ1) is 23.7. The van der Waals surface area contributed by atoms with Crippen molar-refractivity contribution in [2.45, 2.75) is 18.0 Å². The summed E-state index contributed by atoms with van der Waals surface area (Å²) in [5, 5.41) is 0.368. The van der Waals surface area contributed by atoms with Crippen LogP contribution in [-0.4, -0.2) is 29.4 Å². The molecule has 0 bridgehead atoms. The molecule has 6 heteroatoms. The minimum absolute atomic E-state index is 0.289. The summed E-state index contributed by atoms with van der Waals surface area (Å²) >= 11 is 6.79. The first-order valence-electron chi connectivity index (χ1n) is 12.7. The lowest BCUT2D eigenvalue weighted by Crippen LogP contribution is -2.48. The number of halogens is 2. The molecule has 3 aliphatic rings. The van der Waals surface area contributed by atoms with Gasteiger partial charge in [0, 0.05) is 33.3 Å². The van der Waals surface area contributed by atoms with E-state index in [4.69, 9.17) is 11.6 Å². The number of rotatable bonds is 3. The molecule has 39 heavy (non-hydrogen) atoms. The lowest BCUT2D eigenvalue weighted by Gasteiger charge is -2.37. The lowest BCUT2D eigenvalue weighted by atomic mass is 9.64. The maximum Gasteiger partial charge on any atom is 0.185 e. The number of anilines is 1. The van der Waals surface area contributed by atoms with Gasteiger partial charge < -0.3 is 4.90 Å². The number of carbonyl (C=O) groups is 3. The molecule has 4 aromatic rings. The third-order valence-corrected chi connectivity index (χ3v) is 8.69. The van der Waals surface area contributed by atoms with Gasteiger partial charge in [-0.1, -0.05) is 84.4 Å². The molecule has 4 nitrogen and oxygen atoms in total. The predicted molar refractivity (Wildman–Crippen MR) is 148 cm³/mol. The average molecular weight is 534 g/mol. The van der Waals surface area contributed by atoms with Gasteiger partial charge in [-0.2, -0.15) is 0 Å². The first-order chi connectivity index (χ1) is 18.9. The molecular weight excluding hydrogens is 513 g/mol. The largest absolute Gasteiger partial charge is 0.352 e. The first-order valence-corrected chi connectivity index (χ1v) is 13.1. The SMILES string of the molecule is O=C(c1ccc(F)cc1)[C@H]1[C@H](c2ccccc2Cl)C2(C(=O)c3ccccc3C2=O)[C@H]2C=Cc3ccccc3N12. The number of ketones is 3. The van der Waals surface area contributed by atoms with Crippen LogP contribution in [0.1, 0.15) is 48.1 Å². The summed E-state index contributed by atoms with van der Waals surface area (Å²) in [5.41, 5.74) is 1.53. The van der Waals surface area contributed by atoms with E-state index >= 15 is 0 Å². The van der Waals surface area contributed by atoms with Crippen LogP contribution >= 0.6 is 11.6 Å². The van der Waals surface area contributed by atoms with Crippen molar-refractivity contribution < 1.29 is 18.8 Å². The second-order valence-corrected chi connectivity index (χ2v) is 10.6. The zero-order valence-corrected chi connectivity index (χ0v) is 21.3. The average Bonchev–Trinajstić information content (AvgIpc) is 3.39. The van der Waals surface area contributed by atoms with Crippen LogP contribution in [0.5, 0.6) is 0 Å². The molecule has 4 aromatic carbocycles. The second-order valence-electron chi connectivity index (χ2n) is 10.2. The van der Waals surface area contributed by atoms with Crippen molar-refractivity contribution in [3.63, 3.8) is 0 Å². The van der Waals surface area contributed by atoms with E-state index in [0.717, 1.165) is 11.3 Å². The number of para-hydroxylation sites is 1.